The molecule has 1 fully saturated rings. The van der Waals surface area contributed by atoms with Crippen molar-refractivity contribution < 1.29 is 14.4 Å². The first-order chi connectivity index (χ1) is 10.4. The molecule has 0 aliphatic carbocycles. The van der Waals surface area contributed by atoms with Crippen molar-refractivity contribution in [2.45, 2.75) is 26.3 Å². The van der Waals surface area contributed by atoms with Crippen molar-refractivity contribution in [2.75, 3.05) is 11.9 Å². The highest BCUT2D eigenvalue weighted by Gasteiger charge is 2.38. The molecule has 1 aromatic carbocycles. The summed E-state index contributed by atoms with van der Waals surface area (Å²) in [6, 6.07) is 5.57. The summed E-state index contributed by atoms with van der Waals surface area (Å²) in [6.07, 6.45) is 0.553. The minimum Gasteiger partial charge on any atom is -0.326 e. The molecule has 0 bridgehead atoms. The van der Waals surface area contributed by atoms with Crippen LogP contribution in [0.3, 0.4) is 0 Å². The molecule has 1 heterocycles. The molecule has 1 aromatic rings. The molecule has 1 aliphatic heterocycles. The van der Waals surface area contributed by atoms with Gasteiger partial charge in [0, 0.05) is 10.7 Å². The fourth-order valence-corrected chi connectivity index (χ4v) is 2.46. The van der Waals surface area contributed by atoms with Crippen LogP contribution in [0.1, 0.15) is 20.3 Å². The topological polar surface area (TPSA) is 78.5 Å². The SMILES string of the molecule is CC(C)CC1NC(=O)N(CC(=O)Nc2cccc(Cl)c2)C1=O. The summed E-state index contributed by atoms with van der Waals surface area (Å²) in [5.41, 5.74) is 0.517. The Labute approximate surface area is 133 Å². The second-order valence-electron chi connectivity index (χ2n) is 5.61. The van der Waals surface area contributed by atoms with Crippen LogP contribution in [0.15, 0.2) is 24.3 Å². The van der Waals surface area contributed by atoms with Gasteiger partial charge in [-0.1, -0.05) is 31.5 Å². The summed E-state index contributed by atoms with van der Waals surface area (Å²) in [4.78, 5) is 36.9. The lowest BCUT2D eigenvalue weighted by atomic mass is 10.0. The molecule has 6 nitrogen and oxygen atoms in total. The number of rotatable bonds is 5. The van der Waals surface area contributed by atoms with E-state index in [-0.39, 0.29) is 18.4 Å². The predicted octanol–water partition coefficient (Wildman–Crippen LogP) is 2.25. The molecule has 1 aliphatic rings. The van der Waals surface area contributed by atoms with Gasteiger partial charge in [0.15, 0.2) is 0 Å². The van der Waals surface area contributed by atoms with Gasteiger partial charge < -0.3 is 10.6 Å². The van der Waals surface area contributed by atoms with E-state index in [4.69, 9.17) is 11.6 Å². The quantitative estimate of drug-likeness (QED) is 0.816. The van der Waals surface area contributed by atoms with Crippen LogP contribution in [-0.4, -0.2) is 35.3 Å². The molecule has 0 aromatic heterocycles. The number of nitrogens with one attached hydrogen (secondary N) is 2. The highest BCUT2D eigenvalue weighted by Crippen LogP contribution is 2.16. The summed E-state index contributed by atoms with van der Waals surface area (Å²) in [5.74, 6) is -0.537. The minimum atomic E-state index is -0.550. The van der Waals surface area contributed by atoms with Gasteiger partial charge in [-0.2, -0.15) is 0 Å². The molecular weight excluding hydrogens is 306 g/mol. The van der Waals surface area contributed by atoms with Crippen LogP contribution in [-0.2, 0) is 9.59 Å². The Morgan fingerprint density at radius 3 is 2.77 bits per heavy atom. The second-order valence-corrected chi connectivity index (χ2v) is 6.05. The number of hydrogen-bond acceptors (Lipinski definition) is 3. The first-order valence-electron chi connectivity index (χ1n) is 7.04. The average Bonchev–Trinajstić information content (AvgIpc) is 2.66. The van der Waals surface area contributed by atoms with Crippen LogP contribution in [0.25, 0.3) is 0 Å². The fourth-order valence-electron chi connectivity index (χ4n) is 2.27. The number of anilines is 1. The normalized spacial score (nSPS) is 17.8. The van der Waals surface area contributed by atoms with E-state index in [0.717, 1.165) is 4.90 Å². The number of imide groups is 1. The van der Waals surface area contributed by atoms with Crippen LogP contribution < -0.4 is 10.6 Å². The largest absolute Gasteiger partial charge is 0.326 e. The second kappa shape index (κ2) is 6.79. The number of carbonyl (C=O) groups is 3. The Balaban J connectivity index is 1.96. The van der Waals surface area contributed by atoms with Crippen LogP contribution in [0.4, 0.5) is 10.5 Å². The zero-order valence-electron chi connectivity index (χ0n) is 12.4. The van der Waals surface area contributed by atoms with Crippen LogP contribution >= 0.6 is 11.6 Å². The van der Waals surface area contributed by atoms with Crippen molar-refractivity contribution in [1.82, 2.24) is 10.2 Å². The van der Waals surface area contributed by atoms with Gasteiger partial charge in [0.2, 0.25) is 5.91 Å². The molecule has 1 saturated heterocycles. The fraction of sp³-hybridized carbons (Fsp3) is 0.400. The highest BCUT2D eigenvalue weighted by molar-refractivity contribution is 6.30. The Morgan fingerprint density at radius 1 is 1.41 bits per heavy atom. The summed E-state index contributed by atoms with van der Waals surface area (Å²) >= 11 is 5.83. The smallest absolute Gasteiger partial charge is 0.325 e. The van der Waals surface area contributed by atoms with Crippen molar-refractivity contribution in [3.63, 3.8) is 0 Å². The predicted molar refractivity (Wildman–Crippen MR) is 83.6 cm³/mol. The zero-order valence-corrected chi connectivity index (χ0v) is 13.2. The summed E-state index contributed by atoms with van der Waals surface area (Å²) in [6.45, 7) is 3.62. The molecule has 2 rings (SSSR count). The third-order valence-corrected chi connectivity index (χ3v) is 3.46. The van der Waals surface area contributed by atoms with E-state index in [1.54, 1.807) is 24.3 Å². The average molecular weight is 324 g/mol. The zero-order chi connectivity index (χ0) is 16.3. The maximum Gasteiger partial charge on any atom is 0.325 e. The van der Waals surface area contributed by atoms with Crippen molar-refractivity contribution in [1.29, 1.82) is 0 Å². The maximum atomic E-state index is 12.1. The van der Waals surface area contributed by atoms with Crippen molar-refractivity contribution in [2.24, 2.45) is 5.92 Å². The van der Waals surface area contributed by atoms with Crippen molar-refractivity contribution in [3.8, 4) is 0 Å². The number of urea groups is 1. The van der Waals surface area contributed by atoms with Gasteiger partial charge >= 0.3 is 6.03 Å². The van der Waals surface area contributed by atoms with Gasteiger partial charge in [0.25, 0.3) is 5.91 Å². The Kier molecular flexibility index (Phi) is 5.03. The summed E-state index contributed by atoms with van der Waals surface area (Å²) in [5, 5.41) is 5.70. The molecule has 0 saturated carbocycles. The first kappa shape index (κ1) is 16.3. The van der Waals surface area contributed by atoms with E-state index in [1.165, 1.54) is 0 Å². The Bertz CT molecular complexity index is 603. The standard InChI is InChI=1S/C15H18ClN3O3/c1-9(2)6-12-14(21)19(15(22)18-12)8-13(20)17-11-5-3-4-10(16)7-11/h3-5,7,9,12H,6,8H2,1-2H3,(H,17,20)(H,18,22). The number of carbonyl (C=O) groups excluding carboxylic acids is 3. The highest BCUT2D eigenvalue weighted by atomic mass is 35.5. The third-order valence-electron chi connectivity index (χ3n) is 3.22. The lowest BCUT2D eigenvalue weighted by Gasteiger charge is -2.13. The van der Waals surface area contributed by atoms with Crippen molar-refractivity contribution in [3.05, 3.63) is 29.3 Å². The van der Waals surface area contributed by atoms with Crippen LogP contribution in [0.5, 0.6) is 0 Å². The molecule has 4 amide bonds. The Morgan fingerprint density at radius 2 is 2.14 bits per heavy atom. The number of halogens is 1. The minimum absolute atomic E-state index is 0.273. The first-order valence-corrected chi connectivity index (χ1v) is 7.42. The van der Waals surface area contributed by atoms with Crippen molar-refractivity contribution >= 4 is 35.1 Å². The van der Waals surface area contributed by atoms with Gasteiger partial charge in [-0.15, -0.1) is 0 Å². The van der Waals surface area contributed by atoms with Gasteiger partial charge in [-0.05, 0) is 30.5 Å². The molecule has 22 heavy (non-hydrogen) atoms. The van der Waals surface area contributed by atoms with Gasteiger partial charge in [0.1, 0.15) is 12.6 Å². The van der Waals surface area contributed by atoms with E-state index in [0.29, 0.717) is 17.1 Å². The van der Waals surface area contributed by atoms with E-state index >= 15 is 0 Å². The maximum absolute atomic E-state index is 12.1. The molecule has 2 N–H and O–H groups in total. The van der Waals surface area contributed by atoms with E-state index in [2.05, 4.69) is 10.6 Å². The monoisotopic (exact) mass is 323 g/mol. The number of hydrogen-bond donors (Lipinski definition) is 2. The van der Waals surface area contributed by atoms with Gasteiger partial charge in [-0.25, -0.2) is 4.79 Å². The number of amides is 4. The van der Waals surface area contributed by atoms with E-state index < -0.39 is 18.0 Å². The van der Waals surface area contributed by atoms with E-state index in [1.807, 2.05) is 13.8 Å². The number of nitrogens with zero attached hydrogens (tertiary/aromatic N) is 1. The van der Waals surface area contributed by atoms with Gasteiger partial charge in [-0.3, -0.25) is 14.5 Å². The third kappa shape index (κ3) is 3.98. The molecule has 0 spiro atoms. The number of benzene rings is 1. The summed E-state index contributed by atoms with van der Waals surface area (Å²) in [7, 11) is 0. The van der Waals surface area contributed by atoms with Gasteiger partial charge in [0.05, 0.1) is 0 Å². The lowest BCUT2D eigenvalue weighted by molar-refractivity contribution is -0.131. The molecule has 7 heteroatoms. The molecular formula is C15H18ClN3O3. The Hall–Kier alpha value is -2.08. The molecule has 1 unspecified atom stereocenters. The lowest BCUT2D eigenvalue weighted by Crippen LogP contribution is -2.38. The van der Waals surface area contributed by atoms with Crippen LogP contribution in [0, 0.1) is 5.92 Å². The molecule has 0 radical (unpaired) electrons. The van der Waals surface area contributed by atoms with E-state index in [9.17, 15) is 14.4 Å². The van der Waals surface area contributed by atoms with Crippen LogP contribution in [0.2, 0.25) is 5.02 Å². The summed E-state index contributed by atoms with van der Waals surface area (Å²) < 4.78 is 0. The molecule has 1 atom stereocenters. The molecule has 118 valence electrons.